The van der Waals surface area contributed by atoms with Crippen LogP contribution in [-0.2, 0) is 0 Å². The lowest BCUT2D eigenvalue weighted by Crippen LogP contribution is -2.49. The Balaban J connectivity index is 1.71. The molecule has 0 aliphatic carbocycles. The third-order valence-corrected chi connectivity index (χ3v) is 4.12. The molecule has 1 amide bonds. The van der Waals surface area contributed by atoms with Crippen LogP contribution in [0.5, 0.6) is 0 Å². The Hall–Kier alpha value is -2.74. The lowest BCUT2D eigenvalue weighted by atomic mass is 10.1. The molecule has 3 rings (SSSR count). The van der Waals surface area contributed by atoms with Gasteiger partial charge in [0.15, 0.2) is 0 Å². The summed E-state index contributed by atoms with van der Waals surface area (Å²) in [5, 5.41) is 11.1. The minimum absolute atomic E-state index is 0.148. The molecule has 1 fully saturated rings. The summed E-state index contributed by atoms with van der Waals surface area (Å²) in [5.74, 6) is 0.315. The van der Waals surface area contributed by atoms with Crippen LogP contribution in [0.15, 0.2) is 36.7 Å². The summed E-state index contributed by atoms with van der Waals surface area (Å²) in [4.78, 5) is 34.9. The molecular weight excluding hydrogens is 334 g/mol. The van der Waals surface area contributed by atoms with Crippen LogP contribution in [-0.4, -0.2) is 51.9 Å². The summed E-state index contributed by atoms with van der Waals surface area (Å²) in [7, 11) is 0. The maximum atomic E-state index is 12.6. The average molecular weight is 348 g/mol. The first-order chi connectivity index (χ1) is 11.6. The van der Waals surface area contributed by atoms with Gasteiger partial charge in [-0.25, -0.2) is 9.97 Å². The molecule has 0 radical (unpaired) electrons. The van der Waals surface area contributed by atoms with E-state index in [1.807, 2.05) is 4.90 Å². The van der Waals surface area contributed by atoms with Crippen molar-refractivity contribution >= 4 is 29.1 Å². The molecule has 0 atom stereocenters. The Morgan fingerprint density at radius 1 is 1.17 bits per heavy atom. The van der Waals surface area contributed by atoms with Gasteiger partial charge < -0.3 is 9.80 Å². The number of benzene rings is 1. The van der Waals surface area contributed by atoms with Crippen molar-refractivity contribution in [1.29, 1.82) is 0 Å². The molecule has 1 aliphatic heterocycles. The van der Waals surface area contributed by atoms with Crippen LogP contribution in [0, 0.1) is 10.1 Å². The highest BCUT2D eigenvalue weighted by Crippen LogP contribution is 2.24. The Bertz CT molecular complexity index is 763. The molecule has 2 heterocycles. The van der Waals surface area contributed by atoms with Gasteiger partial charge in [0.25, 0.3) is 11.6 Å². The van der Waals surface area contributed by atoms with E-state index in [0.717, 1.165) is 0 Å². The first-order valence-electron chi connectivity index (χ1n) is 7.31. The largest absolute Gasteiger partial charge is 0.337 e. The molecule has 0 saturated carbocycles. The molecule has 9 heteroatoms. The predicted octanol–water partition coefficient (Wildman–Crippen LogP) is 2.00. The van der Waals surface area contributed by atoms with Crippen LogP contribution < -0.4 is 4.90 Å². The monoisotopic (exact) mass is 347 g/mol. The van der Waals surface area contributed by atoms with Gasteiger partial charge in [-0.2, -0.15) is 0 Å². The van der Waals surface area contributed by atoms with Crippen LogP contribution in [0.3, 0.4) is 0 Å². The maximum absolute atomic E-state index is 12.6. The number of carbonyl (C=O) groups is 1. The van der Waals surface area contributed by atoms with E-state index in [1.165, 1.54) is 18.2 Å². The second-order valence-electron chi connectivity index (χ2n) is 5.25. The van der Waals surface area contributed by atoms with E-state index in [2.05, 4.69) is 9.97 Å². The first kappa shape index (κ1) is 16.1. The third kappa shape index (κ3) is 3.28. The van der Waals surface area contributed by atoms with Crippen molar-refractivity contribution in [2.24, 2.45) is 0 Å². The SMILES string of the molecule is O=C(c1cc([N+](=O)[O-])ccc1Cl)N1CCN(c2ncccn2)CC1. The van der Waals surface area contributed by atoms with Crippen molar-refractivity contribution < 1.29 is 9.72 Å². The van der Waals surface area contributed by atoms with Crippen molar-refractivity contribution in [3.63, 3.8) is 0 Å². The Morgan fingerprint density at radius 3 is 2.46 bits per heavy atom. The lowest BCUT2D eigenvalue weighted by molar-refractivity contribution is -0.384. The second kappa shape index (κ2) is 6.79. The minimum Gasteiger partial charge on any atom is -0.337 e. The standard InChI is InChI=1S/C15H14ClN5O3/c16-13-3-2-11(21(23)24)10-12(13)14(22)19-6-8-20(9-7-19)15-17-4-1-5-18-15/h1-5,10H,6-9H2. The van der Waals surface area contributed by atoms with Crippen molar-refractivity contribution in [1.82, 2.24) is 14.9 Å². The minimum atomic E-state index is -0.544. The van der Waals surface area contributed by atoms with E-state index < -0.39 is 4.92 Å². The predicted molar refractivity (Wildman–Crippen MR) is 88.3 cm³/mol. The number of anilines is 1. The number of hydrogen-bond acceptors (Lipinski definition) is 6. The molecule has 24 heavy (non-hydrogen) atoms. The fraction of sp³-hybridized carbons (Fsp3) is 0.267. The van der Waals surface area contributed by atoms with Crippen molar-refractivity contribution in [2.75, 3.05) is 31.1 Å². The molecule has 0 N–H and O–H groups in total. The molecule has 1 aromatic carbocycles. The smallest absolute Gasteiger partial charge is 0.270 e. The molecule has 2 aromatic rings. The highest BCUT2D eigenvalue weighted by molar-refractivity contribution is 6.33. The molecular formula is C15H14ClN5O3. The van der Waals surface area contributed by atoms with Gasteiger partial charge in [0.05, 0.1) is 15.5 Å². The van der Waals surface area contributed by atoms with Crippen molar-refractivity contribution in [3.05, 3.63) is 57.4 Å². The number of hydrogen-bond donors (Lipinski definition) is 0. The summed E-state index contributed by atoms with van der Waals surface area (Å²) >= 11 is 6.04. The van der Waals surface area contributed by atoms with E-state index in [0.29, 0.717) is 32.1 Å². The first-order valence-corrected chi connectivity index (χ1v) is 7.69. The number of nitro benzene ring substituents is 1. The van der Waals surface area contributed by atoms with Crippen LogP contribution >= 0.6 is 11.6 Å². The summed E-state index contributed by atoms with van der Waals surface area (Å²) in [6.07, 6.45) is 3.34. The van der Waals surface area contributed by atoms with Gasteiger partial charge in [0, 0.05) is 50.7 Å². The average Bonchev–Trinajstić information content (AvgIpc) is 2.62. The van der Waals surface area contributed by atoms with Gasteiger partial charge in [-0.15, -0.1) is 0 Å². The van der Waals surface area contributed by atoms with E-state index >= 15 is 0 Å². The summed E-state index contributed by atoms with van der Waals surface area (Å²) in [5.41, 5.74) is -0.00523. The summed E-state index contributed by atoms with van der Waals surface area (Å²) < 4.78 is 0. The zero-order valence-electron chi connectivity index (χ0n) is 12.6. The number of amides is 1. The number of aromatic nitrogens is 2. The van der Waals surface area contributed by atoms with Gasteiger partial charge in [0.2, 0.25) is 5.95 Å². The molecule has 0 bridgehead atoms. The lowest BCUT2D eigenvalue weighted by Gasteiger charge is -2.34. The number of non-ortho nitro benzene ring substituents is 1. The molecule has 1 aliphatic rings. The second-order valence-corrected chi connectivity index (χ2v) is 5.66. The van der Waals surface area contributed by atoms with Crippen LogP contribution in [0.1, 0.15) is 10.4 Å². The van der Waals surface area contributed by atoms with Gasteiger partial charge >= 0.3 is 0 Å². The number of carbonyl (C=O) groups excluding carboxylic acids is 1. The zero-order chi connectivity index (χ0) is 17.1. The fourth-order valence-corrected chi connectivity index (χ4v) is 2.72. The van der Waals surface area contributed by atoms with Crippen LogP contribution in [0.4, 0.5) is 11.6 Å². The molecule has 8 nitrogen and oxygen atoms in total. The van der Waals surface area contributed by atoms with Crippen LogP contribution in [0.25, 0.3) is 0 Å². The molecule has 124 valence electrons. The fourth-order valence-electron chi connectivity index (χ4n) is 2.53. The molecule has 1 aromatic heterocycles. The Kier molecular flexibility index (Phi) is 4.57. The summed E-state index contributed by atoms with van der Waals surface area (Å²) in [6, 6.07) is 5.62. The quantitative estimate of drug-likeness (QED) is 0.622. The topological polar surface area (TPSA) is 92.5 Å². The highest BCUT2D eigenvalue weighted by atomic mass is 35.5. The van der Waals surface area contributed by atoms with E-state index in [4.69, 9.17) is 11.6 Å². The van der Waals surface area contributed by atoms with E-state index in [-0.39, 0.29) is 22.2 Å². The summed E-state index contributed by atoms with van der Waals surface area (Å²) in [6.45, 7) is 2.11. The molecule has 0 unspecified atom stereocenters. The normalized spacial score (nSPS) is 14.5. The molecule has 0 spiro atoms. The Morgan fingerprint density at radius 2 is 1.83 bits per heavy atom. The number of halogens is 1. The van der Waals surface area contributed by atoms with Gasteiger partial charge in [-0.1, -0.05) is 11.6 Å². The van der Waals surface area contributed by atoms with Gasteiger partial charge in [0.1, 0.15) is 0 Å². The van der Waals surface area contributed by atoms with Gasteiger partial charge in [-0.3, -0.25) is 14.9 Å². The third-order valence-electron chi connectivity index (χ3n) is 3.79. The van der Waals surface area contributed by atoms with E-state index in [1.54, 1.807) is 23.4 Å². The van der Waals surface area contributed by atoms with Crippen molar-refractivity contribution in [2.45, 2.75) is 0 Å². The number of rotatable bonds is 3. The number of piperazine rings is 1. The highest BCUT2D eigenvalue weighted by Gasteiger charge is 2.25. The number of nitro groups is 1. The van der Waals surface area contributed by atoms with Crippen LogP contribution in [0.2, 0.25) is 5.02 Å². The molecule has 1 saturated heterocycles. The van der Waals surface area contributed by atoms with Crippen molar-refractivity contribution in [3.8, 4) is 0 Å². The van der Waals surface area contributed by atoms with E-state index in [9.17, 15) is 14.9 Å². The maximum Gasteiger partial charge on any atom is 0.270 e. The number of nitrogens with zero attached hydrogens (tertiary/aromatic N) is 5. The zero-order valence-corrected chi connectivity index (χ0v) is 13.4. The van der Waals surface area contributed by atoms with Gasteiger partial charge in [-0.05, 0) is 12.1 Å². The Labute approximate surface area is 142 Å².